The molecule has 7 aromatic rings. The SMILES string of the molecule is CC(C)c1cccc(C(C)C)c1B1N(C)c2ccc(Oc3ccc4c5ccccc5n(-c5ccccn5)c4c3)cc2-c2nccn21. The van der Waals surface area contributed by atoms with Gasteiger partial charge in [-0.1, -0.05) is 70.2 Å². The second-order valence-corrected chi connectivity index (χ2v) is 12.8. The lowest BCUT2D eigenvalue weighted by molar-refractivity contribution is 0.483. The second-order valence-electron chi connectivity index (χ2n) is 12.8. The summed E-state index contributed by atoms with van der Waals surface area (Å²) in [4.78, 5) is 11.9. The molecule has 8 rings (SSSR count). The highest BCUT2D eigenvalue weighted by Gasteiger charge is 2.38. The standard InChI is InChI=1S/C39H36BN5O/c1-25(2)29-12-10-13-30(26(3)4)38(29)40-43(5)34-19-17-27(23-33(34)39-42-21-22-44(39)40)46-28-16-18-32-31-11-6-7-14-35(31)45(36(32)24-28)37-15-8-9-20-41-37/h6-26H,1-5H3. The van der Waals surface area contributed by atoms with Crippen molar-refractivity contribution in [3.63, 3.8) is 0 Å². The Morgan fingerprint density at radius 3 is 2.15 bits per heavy atom. The van der Waals surface area contributed by atoms with Gasteiger partial charge in [-0.25, -0.2) is 9.97 Å². The van der Waals surface area contributed by atoms with E-state index in [-0.39, 0.29) is 6.98 Å². The minimum absolute atomic E-state index is 0.00342. The van der Waals surface area contributed by atoms with Crippen LogP contribution in [-0.2, 0) is 0 Å². The third kappa shape index (κ3) is 4.41. The highest BCUT2D eigenvalue weighted by molar-refractivity contribution is 6.77. The Morgan fingerprint density at radius 2 is 1.39 bits per heavy atom. The summed E-state index contributed by atoms with van der Waals surface area (Å²) in [6.07, 6.45) is 5.86. The molecule has 7 heteroatoms. The van der Waals surface area contributed by atoms with Crippen molar-refractivity contribution in [2.45, 2.75) is 39.5 Å². The van der Waals surface area contributed by atoms with Crippen LogP contribution in [-0.4, -0.2) is 33.0 Å². The molecule has 0 fully saturated rings. The average Bonchev–Trinajstić information content (AvgIpc) is 3.68. The lowest BCUT2D eigenvalue weighted by atomic mass is 9.58. The highest BCUT2D eigenvalue weighted by Crippen LogP contribution is 2.40. The molecule has 46 heavy (non-hydrogen) atoms. The van der Waals surface area contributed by atoms with Crippen LogP contribution in [0.15, 0.2) is 116 Å². The number of hydrogen-bond donors (Lipinski definition) is 0. The first-order valence-electron chi connectivity index (χ1n) is 16.1. The van der Waals surface area contributed by atoms with Gasteiger partial charge in [0.15, 0.2) is 0 Å². The van der Waals surface area contributed by atoms with Crippen LogP contribution in [0.5, 0.6) is 11.5 Å². The van der Waals surface area contributed by atoms with Gasteiger partial charge in [-0.2, -0.15) is 0 Å². The fourth-order valence-corrected chi connectivity index (χ4v) is 7.22. The molecule has 0 amide bonds. The molecule has 1 aliphatic heterocycles. The Kier molecular flexibility index (Phi) is 6.71. The molecule has 4 aromatic carbocycles. The first-order chi connectivity index (χ1) is 22.4. The number of benzene rings is 4. The number of rotatable bonds is 6. The molecule has 0 bridgehead atoms. The number of para-hydroxylation sites is 1. The molecule has 0 N–H and O–H groups in total. The summed E-state index contributed by atoms with van der Waals surface area (Å²) >= 11 is 0. The van der Waals surface area contributed by atoms with Crippen LogP contribution in [0, 0.1) is 0 Å². The van der Waals surface area contributed by atoms with E-state index < -0.39 is 0 Å². The highest BCUT2D eigenvalue weighted by atomic mass is 16.5. The first-order valence-corrected chi connectivity index (χ1v) is 16.1. The van der Waals surface area contributed by atoms with Gasteiger partial charge in [0, 0.05) is 46.7 Å². The van der Waals surface area contributed by atoms with E-state index in [0.717, 1.165) is 50.8 Å². The van der Waals surface area contributed by atoms with Crippen LogP contribution in [0.3, 0.4) is 0 Å². The fourth-order valence-electron chi connectivity index (χ4n) is 7.22. The maximum atomic E-state index is 6.59. The van der Waals surface area contributed by atoms with E-state index in [9.17, 15) is 0 Å². The van der Waals surface area contributed by atoms with Gasteiger partial charge in [0.1, 0.15) is 23.1 Å². The van der Waals surface area contributed by atoms with Crippen molar-refractivity contribution >= 4 is 39.9 Å². The van der Waals surface area contributed by atoms with Crippen molar-refractivity contribution in [3.8, 4) is 28.7 Å². The Balaban J connectivity index is 1.21. The smallest absolute Gasteiger partial charge is 0.417 e. The summed E-state index contributed by atoms with van der Waals surface area (Å²) in [6, 6.07) is 33.9. The molecule has 6 nitrogen and oxygen atoms in total. The summed E-state index contributed by atoms with van der Waals surface area (Å²) in [5.41, 5.74) is 8.49. The van der Waals surface area contributed by atoms with Crippen molar-refractivity contribution in [3.05, 3.63) is 127 Å². The first kappa shape index (κ1) is 28.2. The molecule has 0 saturated heterocycles. The number of pyridine rings is 1. The normalized spacial score (nSPS) is 12.8. The van der Waals surface area contributed by atoms with E-state index >= 15 is 0 Å². The molecule has 0 unspecified atom stereocenters. The van der Waals surface area contributed by atoms with E-state index in [1.807, 2.05) is 30.6 Å². The van der Waals surface area contributed by atoms with Crippen LogP contribution in [0.25, 0.3) is 39.0 Å². The zero-order valence-corrected chi connectivity index (χ0v) is 26.8. The molecule has 0 spiro atoms. The Bertz CT molecular complexity index is 2210. The molecule has 0 atom stereocenters. The minimum Gasteiger partial charge on any atom is -0.457 e. The maximum absolute atomic E-state index is 6.59. The third-order valence-electron chi connectivity index (χ3n) is 9.32. The Hall–Kier alpha value is -5.30. The van der Waals surface area contributed by atoms with Crippen LogP contribution in [0.1, 0.15) is 50.7 Å². The monoisotopic (exact) mass is 601 g/mol. The quantitative estimate of drug-likeness (QED) is 0.179. The summed E-state index contributed by atoms with van der Waals surface area (Å²) in [5.74, 6) is 4.17. The van der Waals surface area contributed by atoms with Crippen LogP contribution < -0.4 is 15.0 Å². The van der Waals surface area contributed by atoms with Crippen molar-refractivity contribution in [1.82, 2.24) is 19.0 Å². The fraction of sp³-hybridized carbons (Fsp3) is 0.179. The van der Waals surface area contributed by atoms with E-state index in [4.69, 9.17) is 9.72 Å². The molecule has 4 heterocycles. The van der Waals surface area contributed by atoms with Gasteiger partial charge in [0.25, 0.3) is 0 Å². The number of anilines is 1. The minimum atomic E-state index is 0.00342. The summed E-state index contributed by atoms with van der Waals surface area (Å²) in [6.45, 7) is 9.14. The molecule has 226 valence electrons. The van der Waals surface area contributed by atoms with E-state index in [2.05, 4.69) is 139 Å². The predicted octanol–water partition coefficient (Wildman–Crippen LogP) is 8.77. The number of aromatic nitrogens is 4. The number of imidazole rings is 1. The van der Waals surface area contributed by atoms with Gasteiger partial charge in [0.05, 0.1) is 11.0 Å². The van der Waals surface area contributed by atoms with Crippen LogP contribution in [0.4, 0.5) is 5.69 Å². The topological polar surface area (TPSA) is 48.1 Å². The lowest BCUT2D eigenvalue weighted by Gasteiger charge is -2.37. The second kappa shape index (κ2) is 10.9. The van der Waals surface area contributed by atoms with Gasteiger partial charge in [-0.15, -0.1) is 0 Å². The van der Waals surface area contributed by atoms with Gasteiger partial charge in [0.2, 0.25) is 0 Å². The Morgan fingerprint density at radius 1 is 0.674 bits per heavy atom. The van der Waals surface area contributed by atoms with E-state index in [1.54, 1.807) is 0 Å². The molecular weight excluding hydrogens is 565 g/mol. The van der Waals surface area contributed by atoms with Crippen molar-refractivity contribution < 1.29 is 4.74 Å². The van der Waals surface area contributed by atoms with E-state index in [0.29, 0.717) is 11.8 Å². The van der Waals surface area contributed by atoms with Gasteiger partial charge in [-0.05, 0) is 84.0 Å². The molecule has 3 aromatic heterocycles. The maximum Gasteiger partial charge on any atom is 0.417 e. The molecular formula is C39H36BN5O. The van der Waals surface area contributed by atoms with E-state index in [1.165, 1.54) is 22.0 Å². The molecule has 0 saturated carbocycles. The van der Waals surface area contributed by atoms with Crippen LogP contribution >= 0.6 is 0 Å². The predicted molar refractivity (Wildman–Crippen MR) is 190 cm³/mol. The number of hydrogen-bond acceptors (Lipinski definition) is 4. The van der Waals surface area contributed by atoms with Crippen molar-refractivity contribution in [1.29, 1.82) is 0 Å². The molecule has 0 aliphatic carbocycles. The molecule has 1 aliphatic rings. The molecule has 0 radical (unpaired) electrons. The zero-order valence-electron chi connectivity index (χ0n) is 26.8. The zero-order chi connectivity index (χ0) is 31.5. The summed E-state index contributed by atoms with van der Waals surface area (Å²) < 4.78 is 11.1. The third-order valence-corrected chi connectivity index (χ3v) is 9.32. The lowest BCUT2D eigenvalue weighted by Crippen LogP contribution is -2.56. The summed E-state index contributed by atoms with van der Waals surface area (Å²) in [7, 11) is 2.19. The summed E-state index contributed by atoms with van der Waals surface area (Å²) in [5, 5.41) is 2.35. The van der Waals surface area contributed by atoms with Gasteiger partial charge >= 0.3 is 6.98 Å². The number of ether oxygens (including phenoxy) is 1. The van der Waals surface area contributed by atoms with Crippen LogP contribution in [0.2, 0.25) is 0 Å². The number of fused-ring (bicyclic) bond motifs is 6. The number of nitrogens with zero attached hydrogens (tertiary/aromatic N) is 5. The van der Waals surface area contributed by atoms with Crippen molar-refractivity contribution in [2.24, 2.45) is 0 Å². The van der Waals surface area contributed by atoms with Crippen molar-refractivity contribution in [2.75, 3.05) is 11.9 Å². The Labute approximate surface area is 270 Å². The van der Waals surface area contributed by atoms with Gasteiger partial charge in [-0.3, -0.25) is 4.57 Å². The van der Waals surface area contributed by atoms with Gasteiger partial charge < -0.3 is 14.0 Å². The average molecular weight is 602 g/mol. The largest absolute Gasteiger partial charge is 0.457 e.